The van der Waals surface area contributed by atoms with E-state index in [9.17, 15) is 4.39 Å². The minimum Gasteiger partial charge on any atom is -0.497 e. The molecule has 86 valence electrons. The molecule has 1 heterocycles. The standard InChI is InChI=1S/C12H13BrFNO/c13-10-5-3-6-11(14)12(10)15-8-9-4-1-2-7-16-9/h2-3,5-7,9,15H,1,4,8H2. The summed E-state index contributed by atoms with van der Waals surface area (Å²) < 4.78 is 19.6. The molecule has 0 saturated heterocycles. The summed E-state index contributed by atoms with van der Waals surface area (Å²) in [6.45, 7) is 0.615. The summed E-state index contributed by atoms with van der Waals surface area (Å²) in [5.41, 5.74) is 0.501. The number of hydrogen-bond acceptors (Lipinski definition) is 2. The molecule has 16 heavy (non-hydrogen) atoms. The van der Waals surface area contributed by atoms with Gasteiger partial charge in [0.25, 0.3) is 0 Å². The molecule has 0 aromatic heterocycles. The van der Waals surface area contributed by atoms with Crippen LogP contribution < -0.4 is 5.32 Å². The average molecular weight is 286 g/mol. The summed E-state index contributed by atoms with van der Waals surface area (Å²) in [4.78, 5) is 0. The Hall–Kier alpha value is -1.03. The van der Waals surface area contributed by atoms with Gasteiger partial charge in [0.05, 0.1) is 18.5 Å². The van der Waals surface area contributed by atoms with E-state index >= 15 is 0 Å². The van der Waals surface area contributed by atoms with Gasteiger partial charge in [-0.1, -0.05) is 6.07 Å². The van der Waals surface area contributed by atoms with Crippen molar-refractivity contribution in [1.29, 1.82) is 0 Å². The van der Waals surface area contributed by atoms with Crippen LogP contribution in [0.25, 0.3) is 0 Å². The van der Waals surface area contributed by atoms with Crippen LogP contribution in [0, 0.1) is 5.82 Å². The van der Waals surface area contributed by atoms with Gasteiger partial charge in [0.2, 0.25) is 0 Å². The molecule has 4 heteroatoms. The lowest BCUT2D eigenvalue weighted by atomic mass is 10.1. The van der Waals surface area contributed by atoms with Gasteiger partial charge in [0, 0.05) is 4.47 Å². The SMILES string of the molecule is Fc1cccc(Br)c1NCC1CCC=CO1. The minimum atomic E-state index is -0.249. The van der Waals surface area contributed by atoms with E-state index in [2.05, 4.69) is 21.2 Å². The first-order valence-electron chi connectivity index (χ1n) is 5.26. The van der Waals surface area contributed by atoms with Crippen LogP contribution in [0.5, 0.6) is 0 Å². The lowest BCUT2D eigenvalue weighted by molar-refractivity contribution is 0.135. The van der Waals surface area contributed by atoms with Crippen molar-refractivity contribution in [2.24, 2.45) is 0 Å². The van der Waals surface area contributed by atoms with Crippen LogP contribution in [0.1, 0.15) is 12.8 Å². The van der Waals surface area contributed by atoms with Crippen molar-refractivity contribution in [3.05, 3.63) is 40.8 Å². The van der Waals surface area contributed by atoms with Crippen LogP contribution >= 0.6 is 15.9 Å². The fourth-order valence-corrected chi connectivity index (χ4v) is 2.10. The Morgan fingerprint density at radius 1 is 1.50 bits per heavy atom. The van der Waals surface area contributed by atoms with Crippen molar-refractivity contribution in [2.45, 2.75) is 18.9 Å². The molecular weight excluding hydrogens is 273 g/mol. The molecule has 0 fully saturated rings. The van der Waals surface area contributed by atoms with Gasteiger partial charge in [-0.05, 0) is 47.0 Å². The maximum Gasteiger partial charge on any atom is 0.147 e. The van der Waals surface area contributed by atoms with Crippen LogP contribution in [0.3, 0.4) is 0 Å². The second-order valence-electron chi connectivity index (χ2n) is 3.68. The van der Waals surface area contributed by atoms with Crippen molar-refractivity contribution in [3.63, 3.8) is 0 Å². The van der Waals surface area contributed by atoms with Crippen LogP contribution in [0.15, 0.2) is 35.0 Å². The largest absolute Gasteiger partial charge is 0.497 e. The third kappa shape index (κ3) is 2.76. The first-order valence-corrected chi connectivity index (χ1v) is 6.05. The Labute approximate surface area is 103 Å². The molecule has 1 aromatic rings. The van der Waals surface area contributed by atoms with Crippen LogP contribution in [0.4, 0.5) is 10.1 Å². The summed E-state index contributed by atoms with van der Waals surface area (Å²) in [5, 5.41) is 3.07. The zero-order valence-electron chi connectivity index (χ0n) is 8.75. The van der Waals surface area contributed by atoms with E-state index in [-0.39, 0.29) is 11.9 Å². The normalized spacial score (nSPS) is 19.2. The molecule has 0 bridgehead atoms. The summed E-state index contributed by atoms with van der Waals surface area (Å²) in [6, 6.07) is 4.92. The Morgan fingerprint density at radius 2 is 2.38 bits per heavy atom. The molecule has 1 aromatic carbocycles. The Bertz CT molecular complexity index is 374. The second-order valence-corrected chi connectivity index (χ2v) is 4.54. The molecule has 1 unspecified atom stereocenters. The molecule has 2 rings (SSSR count). The monoisotopic (exact) mass is 285 g/mol. The highest BCUT2D eigenvalue weighted by atomic mass is 79.9. The smallest absolute Gasteiger partial charge is 0.147 e. The second kappa shape index (κ2) is 5.34. The number of para-hydroxylation sites is 1. The van der Waals surface area contributed by atoms with E-state index in [1.165, 1.54) is 6.07 Å². The highest BCUT2D eigenvalue weighted by molar-refractivity contribution is 9.10. The number of hydrogen-bond donors (Lipinski definition) is 1. The molecule has 0 aliphatic carbocycles. The summed E-state index contributed by atoms with van der Waals surface area (Å²) in [6.07, 6.45) is 5.82. The molecule has 1 N–H and O–H groups in total. The van der Waals surface area contributed by atoms with Gasteiger partial charge in [-0.3, -0.25) is 0 Å². The van der Waals surface area contributed by atoms with Crippen LogP contribution in [0.2, 0.25) is 0 Å². The van der Waals surface area contributed by atoms with E-state index < -0.39 is 0 Å². The Morgan fingerprint density at radius 3 is 3.06 bits per heavy atom. The van der Waals surface area contributed by atoms with E-state index in [1.807, 2.05) is 12.1 Å². The molecule has 1 aliphatic rings. The fourth-order valence-electron chi connectivity index (χ4n) is 1.62. The number of nitrogens with one attached hydrogen (secondary N) is 1. The highest BCUT2D eigenvalue weighted by Gasteiger charge is 2.12. The molecular formula is C12H13BrFNO. The van der Waals surface area contributed by atoms with Crippen molar-refractivity contribution in [1.82, 2.24) is 0 Å². The van der Waals surface area contributed by atoms with Gasteiger partial charge in [-0.25, -0.2) is 4.39 Å². The summed E-state index contributed by atoms with van der Waals surface area (Å²) in [7, 11) is 0. The zero-order valence-corrected chi connectivity index (χ0v) is 10.3. The maximum atomic E-state index is 13.5. The van der Waals surface area contributed by atoms with Gasteiger partial charge in [-0.15, -0.1) is 0 Å². The topological polar surface area (TPSA) is 21.3 Å². The van der Waals surface area contributed by atoms with Gasteiger partial charge < -0.3 is 10.1 Å². The van der Waals surface area contributed by atoms with Gasteiger partial charge in [-0.2, -0.15) is 0 Å². The number of benzene rings is 1. The lowest BCUT2D eigenvalue weighted by Gasteiger charge is -2.20. The quantitative estimate of drug-likeness (QED) is 0.915. The van der Waals surface area contributed by atoms with E-state index in [0.29, 0.717) is 12.2 Å². The van der Waals surface area contributed by atoms with Crippen molar-refractivity contribution < 1.29 is 9.13 Å². The fraction of sp³-hybridized carbons (Fsp3) is 0.333. The molecule has 0 spiro atoms. The first-order chi connectivity index (χ1) is 7.77. The van der Waals surface area contributed by atoms with Crippen molar-refractivity contribution >= 4 is 21.6 Å². The van der Waals surface area contributed by atoms with E-state index in [4.69, 9.17) is 4.74 Å². The number of rotatable bonds is 3. The number of halogens is 2. The van der Waals surface area contributed by atoms with Gasteiger partial charge >= 0.3 is 0 Å². The molecule has 1 aliphatic heterocycles. The number of allylic oxidation sites excluding steroid dienone is 1. The number of ether oxygens (including phenoxy) is 1. The Kier molecular flexibility index (Phi) is 3.83. The molecule has 1 atom stereocenters. The summed E-state index contributed by atoms with van der Waals surface area (Å²) in [5.74, 6) is -0.249. The van der Waals surface area contributed by atoms with E-state index in [0.717, 1.165) is 17.3 Å². The average Bonchev–Trinajstić information content (AvgIpc) is 2.30. The van der Waals surface area contributed by atoms with Crippen LogP contribution in [-0.2, 0) is 4.74 Å². The predicted octanol–water partition coefficient (Wildman–Crippen LogP) is 3.69. The molecule has 0 saturated carbocycles. The molecule has 0 amide bonds. The van der Waals surface area contributed by atoms with Crippen LogP contribution in [-0.4, -0.2) is 12.6 Å². The minimum absolute atomic E-state index is 0.122. The van der Waals surface area contributed by atoms with Crippen molar-refractivity contribution in [3.8, 4) is 0 Å². The van der Waals surface area contributed by atoms with E-state index in [1.54, 1.807) is 12.3 Å². The highest BCUT2D eigenvalue weighted by Crippen LogP contribution is 2.25. The molecule has 2 nitrogen and oxygen atoms in total. The predicted molar refractivity (Wildman–Crippen MR) is 65.8 cm³/mol. The maximum absolute atomic E-state index is 13.5. The summed E-state index contributed by atoms with van der Waals surface area (Å²) >= 11 is 3.31. The lowest BCUT2D eigenvalue weighted by Crippen LogP contribution is -2.23. The third-order valence-corrected chi connectivity index (χ3v) is 3.15. The number of anilines is 1. The Balaban J connectivity index is 1.96. The first kappa shape index (κ1) is 11.5. The molecule has 0 radical (unpaired) electrons. The van der Waals surface area contributed by atoms with Crippen molar-refractivity contribution in [2.75, 3.05) is 11.9 Å². The van der Waals surface area contributed by atoms with Gasteiger partial charge in [0.1, 0.15) is 11.9 Å². The van der Waals surface area contributed by atoms with Gasteiger partial charge in [0.15, 0.2) is 0 Å². The zero-order chi connectivity index (χ0) is 11.4. The third-order valence-electron chi connectivity index (χ3n) is 2.49.